The molecule has 4 N–H and O–H groups in total. The van der Waals surface area contributed by atoms with Crippen LogP contribution in [0.4, 0.5) is 0 Å². The molecule has 0 bridgehead atoms. The average molecular weight is 767 g/mol. The lowest BCUT2D eigenvalue weighted by Crippen LogP contribution is -2.41. The summed E-state index contributed by atoms with van der Waals surface area (Å²) < 4.78 is 5.85. The first-order valence-corrected chi connectivity index (χ1v) is 22.4. The zero-order chi connectivity index (χ0) is 39.9. The Hall–Kier alpha value is -2.65. The molecule has 0 heterocycles. The molecule has 2 atom stereocenters. The second-order valence-corrected chi connectivity index (χ2v) is 15.5. The Morgan fingerprint density at radius 2 is 0.907 bits per heavy atom. The lowest BCUT2D eigenvalue weighted by Gasteiger charge is -2.18. The van der Waals surface area contributed by atoms with Crippen molar-refractivity contribution in [1.29, 1.82) is 0 Å². The first-order chi connectivity index (χ1) is 26.2. The van der Waals surface area contributed by atoms with Crippen LogP contribution < -0.4 is 10.6 Å². The molecule has 10 nitrogen and oxygen atoms in total. The number of carboxylic acid groups (broad SMARTS) is 2. The summed E-state index contributed by atoms with van der Waals surface area (Å²) in [6.45, 7) is 4.86. The molecular formula is C44H82N2O8. The van der Waals surface area contributed by atoms with Gasteiger partial charge in [0.15, 0.2) is 0 Å². The molecule has 10 heteroatoms. The summed E-state index contributed by atoms with van der Waals surface area (Å²) in [5, 5.41) is 23.3. The number of carboxylic acids is 2. The fourth-order valence-corrected chi connectivity index (χ4v) is 6.83. The third-order valence-electron chi connectivity index (χ3n) is 10.3. The topological polar surface area (TPSA) is 159 Å². The first kappa shape index (κ1) is 51.4. The molecule has 0 spiro atoms. The Morgan fingerprint density at radius 1 is 0.481 bits per heavy atom. The summed E-state index contributed by atoms with van der Waals surface area (Å²) in [7, 11) is 0. The van der Waals surface area contributed by atoms with Gasteiger partial charge in [-0.3, -0.25) is 19.2 Å². The van der Waals surface area contributed by atoms with Crippen LogP contribution in [-0.2, 0) is 28.7 Å². The predicted octanol–water partition coefficient (Wildman–Crippen LogP) is 11.0. The molecule has 54 heavy (non-hydrogen) atoms. The molecule has 0 radical (unpaired) electrons. The van der Waals surface area contributed by atoms with Crippen molar-refractivity contribution in [3.05, 3.63) is 0 Å². The molecule has 1 unspecified atom stereocenters. The second-order valence-electron chi connectivity index (χ2n) is 15.5. The number of hydrogen-bond donors (Lipinski definition) is 4. The Morgan fingerprint density at radius 3 is 1.35 bits per heavy atom. The van der Waals surface area contributed by atoms with Crippen LogP contribution in [0.15, 0.2) is 0 Å². The van der Waals surface area contributed by atoms with Gasteiger partial charge in [-0.15, -0.1) is 0 Å². The predicted molar refractivity (Wildman–Crippen MR) is 218 cm³/mol. The molecule has 0 aliphatic heterocycles. The van der Waals surface area contributed by atoms with E-state index in [1.54, 1.807) is 0 Å². The van der Waals surface area contributed by atoms with Crippen LogP contribution in [0.25, 0.3) is 0 Å². The van der Waals surface area contributed by atoms with Crippen LogP contribution in [0.5, 0.6) is 0 Å². The third-order valence-corrected chi connectivity index (χ3v) is 10.3. The molecule has 0 aliphatic carbocycles. The molecular weight excluding hydrogens is 684 g/mol. The Labute approximate surface area is 329 Å². The van der Waals surface area contributed by atoms with Crippen molar-refractivity contribution in [2.45, 2.75) is 244 Å². The zero-order valence-electron chi connectivity index (χ0n) is 34.7. The first-order valence-electron chi connectivity index (χ1n) is 22.4. The standard InChI is InChI=1S/C44H82N2O8/c1-3-5-7-9-11-13-15-17-19-21-23-25-27-31-38(54-43(51)33-28-26-24-22-20-18-16-14-12-10-8-6-4-2)37-41(48)45-36-30-29-32-40(47)46-39(44(52)53)34-35-42(49)50/h38-39H,3-37H2,1-2H3,(H,45,48)(H,46,47)(H,49,50)(H,52,53)/t38?,39-/m0/s1. The van der Waals surface area contributed by atoms with Gasteiger partial charge < -0.3 is 25.6 Å². The summed E-state index contributed by atoms with van der Waals surface area (Å²) >= 11 is 0. The minimum Gasteiger partial charge on any atom is -0.481 e. The van der Waals surface area contributed by atoms with E-state index in [0.29, 0.717) is 32.2 Å². The number of carbonyl (C=O) groups is 5. The van der Waals surface area contributed by atoms with Gasteiger partial charge in [-0.05, 0) is 38.5 Å². The summed E-state index contributed by atoms with van der Waals surface area (Å²) in [5.74, 6) is -3.27. The molecule has 316 valence electrons. The normalized spacial score (nSPS) is 12.3. The van der Waals surface area contributed by atoms with Crippen molar-refractivity contribution in [3.63, 3.8) is 0 Å². The highest BCUT2D eigenvalue weighted by Crippen LogP contribution is 2.17. The highest BCUT2D eigenvalue weighted by molar-refractivity contribution is 5.84. The van der Waals surface area contributed by atoms with Crippen molar-refractivity contribution in [3.8, 4) is 0 Å². The summed E-state index contributed by atoms with van der Waals surface area (Å²) in [6.07, 6.45) is 33.7. The summed E-state index contributed by atoms with van der Waals surface area (Å²) in [4.78, 5) is 59.8. The smallest absolute Gasteiger partial charge is 0.326 e. The summed E-state index contributed by atoms with van der Waals surface area (Å²) in [5.41, 5.74) is 0. The molecule has 0 aromatic rings. The molecule has 0 saturated carbocycles. The van der Waals surface area contributed by atoms with E-state index in [9.17, 15) is 29.1 Å². The highest BCUT2D eigenvalue weighted by atomic mass is 16.5. The van der Waals surface area contributed by atoms with E-state index in [1.165, 1.54) is 128 Å². The number of unbranched alkanes of at least 4 members (excludes halogenated alkanes) is 25. The number of aliphatic carboxylic acids is 2. The van der Waals surface area contributed by atoms with E-state index in [4.69, 9.17) is 9.84 Å². The van der Waals surface area contributed by atoms with E-state index in [-0.39, 0.29) is 37.6 Å². The average Bonchev–Trinajstić information content (AvgIpc) is 3.13. The van der Waals surface area contributed by atoms with Gasteiger partial charge in [-0.1, -0.05) is 168 Å². The number of amides is 2. The van der Waals surface area contributed by atoms with Crippen LogP contribution in [0.1, 0.15) is 232 Å². The van der Waals surface area contributed by atoms with Gasteiger partial charge in [-0.25, -0.2) is 4.79 Å². The molecule has 0 aliphatic rings. The van der Waals surface area contributed by atoms with E-state index in [2.05, 4.69) is 24.5 Å². The molecule has 0 aromatic heterocycles. The van der Waals surface area contributed by atoms with Gasteiger partial charge in [0, 0.05) is 25.8 Å². The maximum Gasteiger partial charge on any atom is 0.326 e. The van der Waals surface area contributed by atoms with Gasteiger partial charge in [0.2, 0.25) is 11.8 Å². The zero-order valence-corrected chi connectivity index (χ0v) is 34.7. The molecule has 0 aromatic carbocycles. The molecule has 0 rings (SSSR count). The maximum atomic E-state index is 12.8. The number of rotatable bonds is 41. The maximum absolute atomic E-state index is 12.8. The largest absolute Gasteiger partial charge is 0.481 e. The van der Waals surface area contributed by atoms with Crippen molar-refractivity contribution in [2.75, 3.05) is 6.54 Å². The molecule has 2 amide bonds. The van der Waals surface area contributed by atoms with Crippen molar-refractivity contribution < 1.29 is 38.9 Å². The fourth-order valence-electron chi connectivity index (χ4n) is 6.83. The van der Waals surface area contributed by atoms with Crippen LogP contribution >= 0.6 is 0 Å². The minimum absolute atomic E-state index is 0.0746. The Balaban J connectivity index is 4.46. The van der Waals surface area contributed by atoms with Crippen LogP contribution in [-0.4, -0.2) is 58.6 Å². The van der Waals surface area contributed by atoms with Crippen molar-refractivity contribution >= 4 is 29.7 Å². The molecule has 0 fully saturated rings. The van der Waals surface area contributed by atoms with Gasteiger partial charge in [-0.2, -0.15) is 0 Å². The fraction of sp³-hybridized carbons (Fsp3) is 0.886. The monoisotopic (exact) mass is 767 g/mol. The Bertz CT molecular complexity index is 944. The summed E-state index contributed by atoms with van der Waals surface area (Å²) in [6, 6.07) is -1.24. The van der Waals surface area contributed by atoms with E-state index in [0.717, 1.165) is 38.5 Å². The lowest BCUT2D eigenvalue weighted by atomic mass is 10.0. The van der Waals surface area contributed by atoms with Gasteiger partial charge >= 0.3 is 17.9 Å². The van der Waals surface area contributed by atoms with Crippen LogP contribution in [0.3, 0.4) is 0 Å². The van der Waals surface area contributed by atoms with Crippen molar-refractivity contribution in [1.82, 2.24) is 10.6 Å². The van der Waals surface area contributed by atoms with E-state index in [1.807, 2.05) is 0 Å². The van der Waals surface area contributed by atoms with E-state index >= 15 is 0 Å². The number of carbonyl (C=O) groups excluding carboxylic acids is 3. The van der Waals surface area contributed by atoms with Crippen LogP contribution in [0.2, 0.25) is 0 Å². The van der Waals surface area contributed by atoms with Gasteiger partial charge in [0.1, 0.15) is 12.1 Å². The number of ether oxygens (including phenoxy) is 1. The SMILES string of the molecule is CCCCCCCCCCCCCCCC(=O)OC(CCCCCCCCCCCCCCC)CC(=O)NCCCCC(=O)N[C@@H](CCC(=O)O)C(=O)O. The quantitative estimate of drug-likeness (QED) is 0.0353. The van der Waals surface area contributed by atoms with E-state index < -0.39 is 30.0 Å². The number of nitrogens with one attached hydrogen (secondary N) is 2. The molecule has 0 saturated heterocycles. The van der Waals surface area contributed by atoms with Gasteiger partial charge in [0.25, 0.3) is 0 Å². The third kappa shape index (κ3) is 36.3. The number of hydrogen-bond acceptors (Lipinski definition) is 6. The highest BCUT2D eigenvalue weighted by Gasteiger charge is 2.21. The van der Waals surface area contributed by atoms with Gasteiger partial charge in [0.05, 0.1) is 6.42 Å². The minimum atomic E-state index is -1.27. The van der Waals surface area contributed by atoms with Crippen molar-refractivity contribution in [2.24, 2.45) is 0 Å². The lowest BCUT2D eigenvalue weighted by molar-refractivity contribution is -0.151. The number of esters is 1. The second kappa shape index (κ2) is 38.6. The van der Waals surface area contributed by atoms with Crippen LogP contribution in [0, 0.1) is 0 Å². The Kier molecular flexibility index (Phi) is 36.7.